The lowest BCUT2D eigenvalue weighted by Crippen LogP contribution is -2.27. The van der Waals surface area contributed by atoms with E-state index in [4.69, 9.17) is 0 Å². The molecule has 0 bridgehead atoms. The van der Waals surface area contributed by atoms with Crippen LogP contribution in [-0.2, 0) is 6.54 Å². The number of pyridine rings is 1. The van der Waals surface area contributed by atoms with Gasteiger partial charge in [0.1, 0.15) is 5.65 Å². The second-order valence-corrected chi connectivity index (χ2v) is 4.55. The Balaban J connectivity index is 2.12. The Morgan fingerprint density at radius 3 is 2.76 bits per heavy atom. The highest BCUT2D eigenvalue weighted by Gasteiger charge is 2.06. The molecule has 0 radical (unpaired) electrons. The topological polar surface area (TPSA) is 29.3 Å². The van der Waals surface area contributed by atoms with E-state index in [1.54, 1.807) is 0 Å². The molecule has 2 heterocycles. The molecule has 0 aromatic carbocycles. The van der Waals surface area contributed by atoms with E-state index in [2.05, 4.69) is 60.0 Å². The summed E-state index contributed by atoms with van der Waals surface area (Å²) in [5, 5.41) is 3.54. The second-order valence-electron chi connectivity index (χ2n) is 4.55. The van der Waals surface area contributed by atoms with Gasteiger partial charge in [0.15, 0.2) is 0 Å². The number of nitrogens with one attached hydrogen (secondary N) is 1. The average molecular weight is 231 g/mol. The molecular weight excluding hydrogens is 210 g/mol. The van der Waals surface area contributed by atoms with Crippen LogP contribution >= 0.6 is 0 Å². The van der Waals surface area contributed by atoms with Gasteiger partial charge in [-0.1, -0.05) is 19.9 Å². The van der Waals surface area contributed by atoms with Crippen molar-refractivity contribution in [1.29, 1.82) is 0 Å². The second kappa shape index (κ2) is 5.32. The number of aromatic nitrogens is 2. The summed E-state index contributed by atoms with van der Waals surface area (Å²) in [7, 11) is 0. The number of rotatable bonds is 5. The van der Waals surface area contributed by atoms with E-state index >= 15 is 0 Å². The molecule has 2 aromatic rings. The van der Waals surface area contributed by atoms with E-state index in [0.717, 1.165) is 17.9 Å². The van der Waals surface area contributed by atoms with E-state index < -0.39 is 0 Å². The minimum absolute atomic E-state index is 0.598. The van der Waals surface area contributed by atoms with E-state index in [0.29, 0.717) is 6.04 Å². The predicted molar refractivity (Wildman–Crippen MR) is 71.1 cm³/mol. The molecule has 0 saturated carbocycles. The molecule has 0 fully saturated rings. The molecule has 0 atom stereocenters. The normalized spacial score (nSPS) is 11.5. The van der Waals surface area contributed by atoms with Crippen molar-refractivity contribution in [3.8, 4) is 0 Å². The molecule has 1 N–H and O–H groups in total. The molecule has 0 amide bonds. The third-order valence-corrected chi connectivity index (χ3v) is 3.29. The Morgan fingerprint density at radius 1 is 1.35 bits per heavy atom. The van der Waals surface area contributed by atoms with Gasteiger partial charge in [-0.3, -0.25) is 0 Å². The maximum atomic E-state index is 4.65. The maximum Gasteiger partial charge on any atom is 0.139 e. The molecule has 2 rings (SSSR count). The molecule has 3 nitrogen and oxygen atoms in total. The molecule has 0 saturated heterocycles. The third-order valence-electron chi connectivity index (χ3n) is 3.29. The molecule has 17 heavy (non-hydrogen) atoms. The summed E-state index contributed by atoms with van der Waals surface area (Å²) >= 11 is 0. The lowest BCUT2D eigenvalue weighted by molar-refractivity contribution is 0.481. The Kier molecular flexibility index (Phi) is 3.79. The fraction of sp³-hybridized carbons (Fsp3) is 0.500. The first kappa shape index (κ1) is 12.1. The van der Waals surface area contributed by atoms with Crippen LogP contribution in [-0.4, -0.2) is 15.4 Å². The Morgan fingerprint density at radius 2 is 2.12 bits per heavy atom. The quantitative estimate of drug-likeness (QED) is 0.857. The first-order valence-corrected chi connectivity index (χ1v) is 6.41. The van der Waals surface area contributed by atoms with Crippen LogP contribution in [0.3, 0.4) is 0 Å². The molecular formula is C14H21N3. The zero-order valence-electron chi connectivity index (χ0n) is 10.9. The smallest absolute Gasteiger partial charge is 0.139 e. The van der Waals surface area contributed by atoms with Crippen LogP contribution in [0.5, 0.6) is 0 Å². The minimum Gasteiger partial charge on any atom is -0.308 e. The van der Waals surface area contributed by atoms with Crippen molar-refractivity contribution >= 4 is 5.65 Å². The van der Waals surface area contributed by atoms with Gasteiger partial charge in [0.05, 0.1) is 5.69 Å². The number of nitrogens with zero attached hydrogens (tertiary/aromatic N) is 2. The van der Waals surface area contributed by atoms with Crippen LogP contribution in [0.1, 0.15) is 37.9 Å². The van der Waals surface area contributed by atoms with Crippen molar-refractivity contribution in [2.24, 2.45) is 0 Å². The van der Waals surface area contributed by atoms with Crippen LogP contribution in [0.2, 0.25) is 0 Å². The van der Waals surface area contributed by atoms with E-state index in [1.807, 2.05) is 0 Å². The van der Waals surface area contributed by atoms with Gasteiger partial charge in [0, 0.05) is 25.0 Å². The standard InChI is InChI=1S/C14H21N3/c1-4-12(5-2)15-9-13-10-17-8-6-7-11(3)14(17)16-13/h6-8,10,12,15H,4-5,9H2,1-3H3. The average Bonchev–Trinajstić information content (AvgIpc) is 2.75. The highest BCUT2D eigenvalue weighted by Crippen LogP contribution is 2.10. The summed E-state index contributed by atoms with van der Waals surface area (Å²) in [4.78, 5) is 4.65. The number of imidazole rings is 1. The van der Waals surface area contributed by atoms with Crippen LogP contribution in [0.25, 0.3) is 5.65 Å². The van der Waals surface area contributed by atoms with Crippen molar-refractivity contribution in [1.82, 2.24) is 14.7 Å². The zero-order chi connectivity index (χ0) is 12.3. The van der Waals surface area contributed by atoms with Crippen molar-refractivity contribution < 1.29 is 0 Å². The fourth-order valence-corrected chi connectivity index (χ4v) is 2.12. The van der Waals surface area contributed by atoms with Crippen LogP contribution in [0.15, 0.2) is 24.5 Å². The number of fused-ring (bicyclic) bond motifs is 1. The van der Waals surface area contributed by atoms with Gasteiger partial charge in [0.2, 0.25) is 0 Å². The first-order valence-electron chi connectivity index (χ1n) is 6.41. The van der Waals surface area contributed by atoms with Gasteiger partial charge in [0.25, 0.3) is 0 Å². The van der Waals surface area contributed by atoms with Gasteiger partial charge in [-0.05, 0) is 31.4 Å². The minimum atomic E-state index is 0.598. The Hall–Kier alpha value is -1.35. The van der Waals surface area contributed by atoms with Crippen LogP contribution < -0.4 is 5.32 Å². The van der Waals surface area contributed by atoms with Crippen molar-refractivity contribution in [2.75, 3.05) is 0 Å². The number of hydrogen-bond donors (Lipinski definition) is 1. The zero-order valence-corrected chi connectivity index (χ0v) is 10.9. The monoisotopic (exact) mass is 231 g/mol. The summed E-state index contributed by atoms with van der Waals surface area (Å²) in [5.74, 6) is 0. The molecule has 92 valence electrons. The van der Waals surface area contributed by atoms with Crippen LogP contribution in [0.4, 0.5) is 0 Å². The highest BCUT2D eigenvalue weighted by atomic mass is 15.0. The largest absolute Gasteiger partial charge is 0.308 e. The summed E-state index contributed by atoms with van der Waals surface area (Å²) < 4.78 is 2.10. The summed E-state index contributed by atoms with van der Waals surface area (Å²) in [6, 6.07) is 4.75. The SMILES string of the molecule is CCC(CC)NCc1cn2cccc(C)c2n1. The van der Waals surface area contributed by atoms with E-state index in [-0.39, 0.29) is 0 Å². The molecule has 0 unspecified atom stereocenters. The molecule has 3 heteroatoms. The molecule has 0 spiro atoms. The number of aryl methyl sites for hydroxylation is 1. The van der Waals surface area contributed by atoms with Crippen LogP contribution in [0, 0.1) is 6.92 Å². The summed E-state index contributed by atoms with van der Waals surface area (Å²) in [5.41, 5.74) is 3.40. The first-order chi connectivity index (χ1) is 8.24. The lowest BCUT2D eigenvalue weighted by atomic mass is 10.2. The summed E-state index contributed by atoms with van der Waals surface area (Å²) in [6.45, 7) is 7.39. The van der Waals surface area contributed by atoms with Crippen molar-refractivity contribution in [3.05, 3.63) is 35.8 Å². The van der Waals surface area contributed by atoms with E-state index in [9.17, 15) is 0 Å². The lowest BCUT2D eigenvalue weighted by Gasteiger charge is -2.12. The Bertz CT molecular complexity index is 483. The van der Waals surface area contributed by atoms with E-state index in [1.165, 1.54) is 18.4 Å². The molecule has 0 aliphatic rings. The van der Waals surface area contributed by atoms with Crippen molar-refractivity contribution in [3.63, 3.8) is 0 Å². The molecule has 2 aromatic heterocycles. The fourth-order valence-electron chi connectivity index (χ4n) is 2.12. The highest BCUT2D eigenvalue weighted by molar-refractivity contribution is 5.47. The van der Waals surface area contributed by atoms with Gasteiger partial charge >= 0.3 is 0 Å². The number of hydrogen-bond acceptors (Lipinski definition) is 2. The molecule has 0 aliphatic carbocycles. The van der Waals surface area contributed by atoms with Gasteiger partial charge in [-0.15, -0.1) is 0 Å². The third kappa shape index (κ3) is 2.67. The predicted octanol–water partition coefficient (Wildman–Crippen LogP) is 2.92. The van der Waals surface area contributed by atoms with Gasteiger partial charge in [-0.25, -0.2) is 4.98 Å². The maximum absolute atomic E-state index is 4.65. The van der Waals surface area contributed by atoms with Gasteiger partial charge in [-0.2, -0.15) is 0 Å². The van der Waals surface area contributed by atoms with Crippen molar-refractivity contribution in [2.45, 2.75) is 46.2 Å². The van der Waals surface area contributed by atoms with Gasteiger partial charge < -0.3 is 9.72 Å². The summed E-state index contributed by atoms with van der Waals surface area (Å²) in [6.07, 6.45) is 6.50. The Labute approximate surface area is 103 Å². The molecule has 0 aliphatic heterocycles.